The first-order valence-corrected chi connectivity index (χ1v) is 8.01. The van der Waals surface area contributed by atoms with Gasteiger partial charge in [0.1, 0.15) is 11.6 Å². The number of ether oxygens (including phenoxy) is 1. The monoisotopic (exact) mass is 360 g/mol. The molecule has 1 aromatic carbocycles. The first-order valence-electron chi connectivity index (χ1n) is 8.01. The Morgan fingerprint density at radius 3 is 2.65 bits per heavy atom. The van der Waals surface area contributed by atoms with Gasteiger partial charge in [-0.25, -0.2) is 4.98 Å². The zero-order chi connectivity index (χ0) is 18.8. The van der Waals surface area contributed by atoms with Gasteiger partial charge in [0.05, 0.1) is 17.9 Å². The standard InChI is InChI=1S/C18H18F2N4O2/c1-10-6-14(26-18(19)20)4-5-15(10)11(2)24-9-13(8-21-24)16-7-17(25)23-12(3)22-16/h4-9,11,18H,1-3H3,(H,22,23,25)/t11-/m0/s1. The van der Waals surface area contributed by atoms with Gasteiger partial charge in [-0.1, -0.05) is 6.07 Å². The Hall–Kier alpha value is -3.03. The van der Waals surface area contributed by atoms with E-state index in [4.69, 9.17) is 0 Å². The highest BCUT2D eigenvalue weighted by Gasteiger charge is 2.15. The SMILES string of the molecule is Cc1nc(-c2cnn([C@@H](C)c3ccc(OC(F)F)cc3C)c2)cc(=O)[nH]1. The fourth-order valence-electron chi connectivity index (χ4n) is 2.85. The van der Waals surface area contributed by atoms with Gasteiger partial charge in [0.2, 0.25) is 0 Å². The predicted molar refractivity (Wildman–Crippen MR) is 92.4 cm³/mol. The van der Waals surface area contributed by atoms with Crippen LogP contribution in [0.4, 0.5) is 8.78 Å². The predicted octanol–water partition coefficient (Wildman–Crippen LogP) is 3.46. The maximum absolute atomic E-state index is 12.3. The quantitative estimate of drug-likeness (QED) is 0.756. The van der Waals surface area contributed by atoms with Crippen molar-refractivity contribution < 1.29 is 13.5 Å². The Labute approximate surface area is 148 Å². The molecule has 2 aromatic heterocycles. The molecule has 0 fully saturated rings. The molecule has 3 rings (SSSR count). The van der Waals surface area contributed by atoms with Crippen molar-refractivity contribution in [3.05, 3.63) is 64.0 Å². The lowest BCUT2D eigenvalue weighted by atomic mass is 10.0. The van der Waals surface area contributed by atoms with Crippen LogP contribution in [-0.4, -0.2) is 26.4 Å². The van der Waals surface area contributed by atoms with Gasteiger partial charge in [0.25, 0.3) is 5.56 Å². The summed E-state index contributed by atoms with van der Waals surface area (Å²) >= 11 is 0. The van der Waals surface area contributed by atoms with Crippen molar-refractivity contribution in [2.75, 3.05) is 0 Å². The van der Waals surface area contributed by atoms with Crippen LogP contribution in [0.3, 0.4) is 0 Å². The summed E-state index contributed by atoms with van der Waals surface area (Å²) in [7, 11) is 0. The number of aromatic amines is 1. The fraction of sp³-hybridized carbons (Fsp3) is 0.278. The highest BCUT2D eigenvalue weighted by molar-refractivity contribution is 5.56. The summed E-state index contributed by atoms with van der Waals surface area (Å²) in [6, 6.07) is 6.11. The number of aryl methyl sites for hydroxylation is 2. The smallest absolute Gasteiger partial charge is 0.387 e. The van der Waals surface area contributed by atoms with E-state index in [2.05, 4.69) is 19.8 Å². The third-order valence-corrected chi connectivity index (χ3v) is 4.07. The molecule has 1 atom stereocenters. The zero-order valence-corrected chi connectivity index (χ0v) is 14.5. The molecule has 136 valence electrons. The van der Waals surface area contributed by atoms with E-state index < -0.39 is 6.61 Å². The number of halogens is 2. The molecule has 3 aromatic rings. The highest BCUT2D eigenvalue weighted by atomic mass is 19.3. The van der Waals surface area contributed by atoms with Crippen molar-refractivity contribution in [2.45, 2.75) is 33.4 Å². The number of alkyl halides is 2. The van der Waals surface area contributed by atoms with E-state index in [1.807, 2.05) is 13.8 Å². The van der Waals surface area contributed by atoms with Gasteiger partial charge >= 0.3 is 6.61 Å². The van der Waals surface area contributed by atoms with E-state index in [-0.39, 0.29) is 17.4 Å². The van der Waals surface area contributed by atoms with Gasteiger partial charge in [-0.15, -0.1) is 0 Å². The largest absolute Gasteiger partial charge is 0.435 e. The second-order valence-electron chi connectivity index (χ2n) is 6.00. The van der Waals surface area contributed by atoms with Crippen molar-refractivity contribution >= 4 is 0 Å². The average Bonchev–Trinajstić information content (AvgIpc) is 3.03. The van der Waals surface area contributed by atoms with Crippen molar-refractivity contribution in [2.24, 2.45) is 0 Å². The molecule has 0 amide bonds. The van der Waals surface area contributed by atoms with E-state index in [1.165, 1.54) is 12.1 Å². The first kappa shape index (κ1) is 17.8. The molecule has 0 aliphatic rings. The van der Waals surface area contributed by atoms with Gasteiger partial charge in [0, 0.05) is 17.8 Å². The molecule has 0 saturated heterocycles. The number of nitrogens with one attached hydrogen (secondary N) is 1. The third kappa shape index (κ3) is 3.79. The van der Waals surface area contributed by atoms with Crippen molar-refractivity contribution in [1.82, 2.24) is 19.7 Å². The molecule has 0 bridgehead atoms. The van der Waals surface area contributed by atoms with E-state index in [0.717, 1.165) is 16.7 Å². The molecule has 2 heterocycles. The van der Waals surface area contributed by atoms with Crippen molar-refractivity contribution in [1.29, 1.82) is 0 Å². The summed E-state index contributed by atoms with van der Waals surface area (Å²) in [4.78, 5) is 18.5. The lowest BCUT2D eigenvalue weighted by Gasteiger charge is -2.16. The van der Waals surface area contributed by atoms with Gasteiger partial charge < -0.3 is 9.72 Å². The Balaban J connectivity index is 1.88. The molecule has 0 unspecified atom stereocenters. The number of aromatic nitrogens is 4. The van der Waals surface area contributed by atoms with Gasteiger partial charge in [-0.05, 0) is 44.0 Å². The third-order valence-electron chi connectivity index (χ3n) is 4.07. The summed E-state index contributed by atoms with van der Waals surface area (Å²) in [6.07, 6.45) is 3.44. The molecule has 0 spiro atoms. The van der Waals surface area contributed by atoms with Crippen LogP contribution in [0.1, 0.15) is 29.9 Å². The molecule has 0 aliphatic heterocycles. The van der Waals surface area contributed by atoms with Crippen LogP contribution < -0.4 is 10.3 Å². The molecule has 0 radical (unpaired) electrons. The summed E-state index contributed by atoms with van der Waals surface area (Å²) in [5.74, 6) is 0.650. The maximum atomic E-state index is 12.3. The number of hydrogen-bond acceptors (Lipinski definition) is 4. The zero-order valence-electron chi connectivity index (χ0n) is 14.5. The fourth-order valence-corrected chi connectivity index (χ4v) is 2.85. The van der Waals surface area contributed by atoms with E-state index in [0.29, 0.717) is 11.5 Å². The number of benzene rings is 1. The Bertz CT molecular complexity index is 981. The van der Waals surface area contributed by atoms with Crippen LogP contribution >= 0.6 is 0 Å². The highest BCUT2D eigenvalue weighted by Crippen LogP contribution is 2.27. The van der Waals surface area contributed by atoms with Gasteiger partial charge in [0.15, 0.2) is 0 Å². The Kier molecular flexibility index (Phi) is 4.83. The molecule has 0 aliphatic carbocycles. The van der Waals surface area contributed by atoms with E-state index >= 15 is 0 Å². The van der Waals surface area contributed by atoms with E-state index in [1.54, 1.807) is 36.1 Å². The topological polar surface area (TPSA) is 72.8 Å². The van der Waals surface area contributed by atoms with Gasteiger partial charge in [-0.3, -0.25) is 9.48 Å². The number of H-pyrrole nitrogens is 1. The van der Waals surface area contributed by atoms with Gasteiger partial charge in [-0.2, -0.15) is 13.9 Å². The Morgan fingerprint density at radius 1 is 1.23 bits per heavy atom. The molecular weight excluding hydrogens is 342 g/mol. The number of hydrogen-bond donors (Lipinski definition) is 1. The molecule has 1 N–H and O–H groups in total. The average molecular weight is 360 g/mol. The van der Waals surface area contributed by atoms with Crippen LogP contribution in [0, 0.1) is 13.8 Å². The molecular formula is C18H18F2N4O2. The van der Waals surface area contributed by atoms with Crippen LogP contribution in [0.15, 0.2) is 41.5 Å². The van der Waals surface area contributed by atoms with Crippen LogP contribution in [0.2, 0.25) is 0 Å². The van der Waals surface area contributed by atoms with Crippen LogP contribution in [0.5, 0.6) is 5.75 Å². The second kappa shape index (κ2) is 7.07. The van der Waals surface area contributed by atoms with Crippen LogP contribution in [0.25, 0.3) is 11.3 Å². The summed E-state index contributed by atoms with van der Waals surface area (Å²) in [5.41, 5.74) is 2.79. The normalized spacial score (nSPS) is 12.4. The summed E-state index contributed by atoms with van der Waals surface area (Å²) in [6.45, 7) is 2.64. The lowest BCUT2D eigenvalue weighted by Crippen LogP contribution is -2.10. The number of rotatable bonds is 5. The molecule has 8 heteroatoms. The minimum absolute atomic E-state index is 0.123. The molecule has 26 heavy (non-hydrogen) atoms. The second-order valence-corrected chi connectivity index (χ2v) is 6.00. The summed E-state index contributed by atoms with van der Waals surface area (Å²) < 4.78 is 30.8. The molecule has 0 saturated carbocycles. The van der Waals surface area contributed by atoms with Crippen molar-refractivity contribution in [3.63, 3.8) is 0 Å². The minimum atomic E-state index is -2.85. The molecule has 6 nitrogen and oxygen atoms in total. The number of nitrogens with zero attached hydrogens (tertiary/aromatic N) is 3. The summed E-state index contributed by atoms with van der Waals surface area (Å²) in [5, 5.41) is 4.35. The lowest BCUT2D eigenvalue weighted by molar-refractivity contribution is -0.0498. The maximum Gasteiger partial charge on any atom is 0.387 e. The van der Waals surface area contributed by atoms with Crippen molar-refractivity contribution in [3.8, 4) is 17.0 Å². The minimum Gasteiger partial charge on any atom is -0.435 e. The first-order chi connectivity index (χ1) is 12.3. The van der Waals surface area contributed by atoms with Crippen LogP contribution in [-0.2, 0) is 0 Å². The van der Waals surface area contributed by atoms with E-state index in [9.17, 15) is 13.6 Å². The Morgan fingerprint density at radius 2 is 2.00 bits per heavy atom.